The van der Waals surface area contributed by atoms with Gasteiger partial charge in [-0.3, -0.25) is 9.59 Å². The number of carbonyl (C=O) groups excluding carboxylic acids is 2. The fraction of sp³-hybridized carbons (Fsp3) is 0.333. The molecule has 1 heterocycles. The predicted octanol–water partition coefficient (Wildman–Crippen LogP) is 3.25. The van der Waals surface area contributed by atoms with Crippen LogP contribution >= 0.6 is 0 Å². The second kappa shape index (κ2) is 7.20. The van der Waals surface area contributed by atoms with Crippen molar-refractivity contribution in [2.75, 3.05) is 16.8 Å². The van der Waals surface area contributed by atoms with Crippen LogP contribution < -0.4 is 15.5 Å². The Labute approximate surface area is 153 Å². The van der Waals surface area contributed by atoms with E-state index >= 15 is 0 Å². The third kappa shape index (κ3) is 3.72. The summed E-state index contributed by atoms with van der Waals surface area (Å²) in [5.74, 6) is 0.148. The monoisotopic (exact) mass is 349 g/mol. The van der Waals surface area contributed by atoms with Crippen LogP contribution in [0.4, 0.5) is 11.4 Å². The smallest absolute Gasteiger partial charge is 0.247 e. The van der Waals surface area contributed by atoms with Crippen LogP contribution in [-0.2, 0) is 9.59 Å². The van der Waals surface area contributed by atoms with Crippen molar-refractivity contribution in [1.29, 1.82) is 0 Å². The number of anilines is 2. The SMILES string of the molecule is O=C(NC1CC1)[C@H](Nc1cccc(N2CCCC2=O)c1)c1ccccc1. The van der Waals surface area contributed by atoms with E-state index in [1.54, 1.807) is 0 Å². The second-order valence-electron chi connectivity index (χ2n) is 6.97. The van der Waals surface area contributed by atoms with E-state index < -0.39 is 6.04 Å². The lowest BCUT2D eigenvalue weighted by molar-refractivity contribution is -0.122. The standard InChI is InChI=1S/C21H23N3O2/c25-19-10-5-13-24(19)18-9-4-8-17(14-18)22-20(15-6-2-1-3-7-15)21(26)23-16-11-12-16/h1-4,6-9,14,16,20,22H,5,10-13H2,(H,23,26)/t20-/m1/s1. The Kier molecular flexibility index (Phi) is 4.61. The fourth-order valence-corrected chi connectivity index (χ4v) is 3.31. The zero-order chi connectivity index (χ0) is 17.9. The van der Waals surface area contributed by atoms with Crippen molar-refractivity contribution < 1.29 is 9.59 Å². The average molecular weight is 349 g/mol. The van der Waals surface area contributed by atoms with Gasteiger partial charge in [-0.2, -0.15) is 0 Å². The topological polar surface area (TPSA) is 61.4 Å². The molecule has 0 spiro atoms. The summed E-state index contributed by atoms with van der Waals surface area (Å²) in [5, 5.41) is 6.44. The molecule has 134 valence electrons. The van der Waals surface area contributed by atoms with E-state index in [0.29, 0.717) is 12.5 Å². The highest BCUT2D eigenvalue weighted by Crippen LogP contribution is 2.28. The lowest BCUT2D eigenvalue weighted by Crippen LogP contribution is -2.34. The molecule has 0 radical (unpaired) electrons. The molecule has 1 aliphatic heterocycles. The molecule has 2 aromatic carbocycles. The third-order valence-electron chi connectivity index (χ3n) is 4.86. The summed E-state index contributed by atoms with van der Waals surface area (Å²) < 4.78 is 0. The van der Waals surface area contributed by atoms with Gasteiger partial charge in [-0.15, -0.1) is 0 Å². The third-order valence-corrected chi connectivity index (χ3v) is 4.86. The van der Waals surface area contributed by atoms with Crippen LogP contribution in [0, 0.1) is 0 Å². The zero-order valence-corrected chi connectivity index (χ0v) is 14.7. The van der Waals surface area contributed by atoms with E-state index in [4.69, 9.17) is 0 Å². The maximum absolute atomic E-state index is 12.8. The van der Waals surface area contributed by atoms with Crippen LogP contribution in [0.2, 0.25) is 0 Å². The Bertz CT molecular complexity index is 802. The first kappa shape index (κ1) is 16.6. The first-order chi connectivity index (χ1) is 12.7. The molecule has 5 nitrogen and oxygen atoms in total. The maximum atomic E-state index is 12.8. The minimum Gasteiger partial charge on any atom is -0.370 e. The lowest BCUT2D eigenvalue weighted by atomic mass is 10.1. The normalized spacial score (nSPS) is 17.8. The van der Waals surface area contributed by atoms with Crippen molar-refractivity contribution in [2.45, 2.75) is 37.8 Å². The van der Waals surface area contributed by atoms with E-state index in [1.165, 1.54) is 0 Å². The molecule has 2 aliphatic rings. The number of amides is 2. The average Bonchev–Trinajstić information content (AvgIpc) is 3.38. The Hall–Kier alpha value is -2.82. The minimum atomic E-state index is -0.457. The van der Waals surface area contributed by atoms with Crippen LogP contribution in [0.3, 0.4) is 0 Å². The number of hydrogen-bond donors (Lipinski definition) is 2. The largest absolute Gasteiger partial charge is 0.370 e. The van der Waals surface area contributed by atoms with Crippen LogP contribution in [0.5, 0.6) is 0 Å². The van der Waals surface area contributed by atoms with Gasteiger partial charge >= 0.3 is 0 Å². The Morgan fingerprint density at radius 1 is 1.08 bits per heavy atom. The summed E-state index contributed by atoms with van der Waals surface area (Å²) in [5.41, 5.74) is 2.64. The summed E-state index contributed by atoms with van der Waals surface area (Å²) in [6.07, 6.45) is 3.61. The molecule has 1 saturated heterocycles. The van der Waals surface area contributed by atoms with Crippen molar-refractivity contribution in [3.05, 3.63) is 60.2 Å². The fourth-order valence-electron chi connectivity index (χ4n) is 3.31. The van der Waals surface area contributed by atoms with E-state index in [1.807, 2.05) is 59.5 Å². The molecule has 5 heteroatoms. The minimum absolute atomic E-state index is 0.0126. The van der Waals surface area contributed by atoms with Crippen molar-refractivity contribution in [2.24, 2.45) is 0 Å². The highest BCUT2D eigenvalue weighted by Gasteiger charge is 2.28. The molecule has 26 heavy (non-hydrogen) atoms. The first-order valence-corrected chi connectivity index (χ1v) is 9.23. The van der Waals surface area contributed by atoms with Gasteiger partial charge in [0.2, 0.25) is 11.8 Å². The van der Waals surface area contributed by atoms with E-state index in [2.05, 4.69) is 10.6 Å². The van der Waals surface area contributed by atoms with E-state index in [0.717, 1.165) is 42.7 Å². The number of carbonyl (C=O) groups is 2. The molecule has 2 N–H and O–H groups in total. The molecular formula is C21H23N3O2. The van der Waals surface area contributed by atoms with Crippen LogP contribution in [0.25, 0.3) is 0 Å². The highest BCUT2D eigenvalue weighted by molar-refractivity contribution is 5.96. The van der Waals surface area contributed by atoms with Crippen molar-refractivity contribution in [3.63, 3.8) is 0 Å². The van der Waals surface area contributed by atoms with Crippen LogP contribution in [0.1, 0.15) is 37.3 Å². The van der Waals surface area contributed by atoms with Crippen molar-refractivity contribution in [1.82, 2.24) is 5.32 Å². The number of nitrogens with zero attached hydrogens (tertiary/aromatic N) is 1. The van der Waals surface area contributed by atoms with Gasteiger partial charge in [0, 0.05) is 30.4 Å². The lowest BCUT2D eigenvalue weighted by Gasteiger charge is -2.22. The molecule has 0 aromatic heterocycles. The van der Waals surface area contributed by atoms with Gasteiger partial charge in [-0.1, -0.05) is 36.4 Å². The Morgan fingerprint density at radius 2 is 1.88 bits per heavy atom. The summed E-state index contributed by atoms with van der Waals surface area (Å²) in [7, 11) is 0. The summed E-state index contributed by atoms with van der Waals surface area (Å²) >= 11 is 0. The summed E-state index contributed by atoms with van der Waals surface area (Å²) in [6.45, 7) is 0.757. The predicted molar refractivity (Wildman–Crippen MR) is 102 cm³/mol. The molecule has 0 bridgehead atoms. The van der Waals surface area contributed by atoms with Gasteiger partial charge < -0.3 is 15.5 Å². The van der Waals surface area contributed by atoms with Crippen molar-refractivity contribution >= 4 is 23.2 Å². The van der Waals surface area contributed by atoms with Gasteiger partial charge in [-0.25, -0.2) is 0 Å². The molecule has 1 saturated carbocycles. The number of benzene rings is 2. The van der Waals surface area contributed by atoms with Crippen molar-refractivity contribution in [3.8, 4) is 0 Å². The van der Waals surface area contributed by atoms with Gasteiger partial charge in [0.05, 0.1) is 0 Å². The quantitative estimate of drug-likeness (QED) is 0.842. The molecule has 1 atom stereocenters. The highest BCUT2D eigenvalue weighted by atomic mass is 16.2. The number of rotatable bonds is 6. The Balaban J connectivity index is 1.57. The molecule has 0 unspecified atom stereocenters. The molecule has 2 aromatic rings. The van der Waals surface area contributed by atoms with E-state index in [-0.39, 0.29) is 11.8 Å². The second-order valence-corrected chi connectivity index (χ2v) is 6.97. The zero-order valence-electron chi connectivity index (χ0n) is 14.7. The van der Waals surface area contributed by atoms with Crippen LogP contribution in [-0.4, -0.2) is 24.4 Å². The van der Waals surface area contributed by atoms with Gasteiger partial charge in [0.1, 0.15) is 6.04 Å². The molecule has 1 aliphatic carbocycles. The molecule has 2 amide bonds. The van der Waals surface area contributed by atoms with Gasteiger partial charge in [0.25, 0.3) is 0 Å². The maximum Gasteiger partial charge on any atom is 0.247 e. The first-order valence-electron chi connectivity index (χ1n) is 9.23. The number of nitrogens with one attached hydrogen (secondary N) is 2. The molecule has 4 rings (SSSR count). The summed E-state index contributed by atoms with van der Waals surface area (Å²) in [4.78, 5) is 26.6. The Morgan fingerprint density at radius 3 is 2.58 bits per heavy atom. The van der Waals surface area contributed by atoms with E-state index in [9.17, 15) is 9.59 Å². The molecule has 2 fully saturated rings. The van der Waals surface area contributed by atoms with Gasteiger partial charge in [-0.05, 0) is 43.0 Å². The summed E-state index contributed by atoms with van der Waals surface area (Å²) in [6, 6.07) is 17.3. The van der Waals surface area contributed by atoms with Crippen LogP contribution in [0.15, 0.2) is 54.6 Å². The number of hydrogen-bond acceptors (Lipinski definition) is 3. The van der Waals surface area contributed by atoms with Gasteiger partial charge in [0.15, 0.2) is 0 Å². The molecular weight excluding hydrogens is 326 g/mol.